The summed E-state index contributed by atoms with van der Waals surface area (Å²) < 4.78 is 63.2. The first kappa shape index (κ1) is 28.0. The SMILES string of the molecule is C[C@](O)(C(=O)NCCC(F)(F)C(F)(F)F)C(=O)N[C@@H]1C(=O)N(CCO)c2ccccc2-c2ccccc21. The van der Waals surface area contributed by atoms with Crippen LogP contribution in [0.1, 0.15) is 24.9 Å². The number of β-amino-alcohol motifs (C(OH)–C–C–N with tert-alkyl or cyclic N) is 1. The van der Waals surface area contributed by atoms with Crippen LogP contribution < -0.4 is 15.5 Å². The number of hydrogen-bond acceptors (Lipinski definition) is 5. The maximum absolute atomic E-state index is 13.5. The van der Waals surface area contributed by atoms with E-state index in [0.29, 0.717) is 29.3 Å². The zero-order chi connectivity index (χ0) is 27.6. The number of para-hydroxylation sites is 1. The van der Waals surface area contributed by atoms with E-state index in [1.807, 2.05) is 0 Å². The number of benzene rings is 2. The number of fused-ring (bicyclic) bond motifs is 3. The minimum absolute atomic E-state index is 0.138. The van der Waals surface area contributed by atoms with Crippen molar-refractivity contribution in [2.45, 2.75) is 37.1 Å². The molecule has 1 aliphatic rings. The zero-order valence-electron chi connectivity index (χ0n) is 19.5. The number of aliphatic hydroxyl groups excluding tert-OH is 1. The topological polar surface area (TPSA) is 119 Å². The van der Waals surface area contributed by atoms with Crippen molar-refractivity contribution in [2.75, 3.05) is 24.6 Å². The number of amides is 3. The van der Waals surface area contributed by atoms with Crippen molar-refractivity contribution in [3.63, 3.8) is 0 Å². The van der Waals surface area contributed by atoms with Gasteiger partial charge in [-0.1, -0.05) is 42.5 Å². The quantitative estimate of drug-likeness (QED) is 0.309. The molecule has 13 heteroatoms. The molecule has 0 unspecified atom stereocenters. The average Bonchev–Trinajstić information content (AvgIpc) is 2.93. The lowest BCUT2D eigenvalue weighted by Gasteiger charge is -2.28. The van der Waals surface area contributed by atoms with Gasteiger partial charge in [0.15, 0.2) is 0 Å². The molecular formula is C24H24F5N3O5. The summed E-state index contributed by atoms with van der Waals surface area (Å²) in [5.41, 5.74) is -0.998. The summed E-state index contributed by atoms with van der Waals surface area (Å²) in [6, 6.07) is 11.9. The monoisotopic (exact) mass is 529 g/mol. The number of nitrogens with zero attached hydrogens (tertiary/aromatic N) is 1. The van der Waals surface area contributed by atoms with Crippen LogP contribution in [0, 0.1) is 0 Å². The van der Waals surface area contributed by atoms with Gasteiger partial charge in [0.25, 0.3) is 17.7 Å². The van der Waals surface area contributed by atoms with Gasteiger partial charge in [-0.05, 0) is 24.1 Å². The molecule has 1 aliphatic heterocycles. The fourth-order valence-electron chi connectivity index (χ4n) is 3.83. The Labute approximate surface area is 208 Å². The zero-order valence-corrected chi connectivity index (χ0v) is 19.5. The number of hydrogen-bond donors (Lipinski definition) is 4. The summed E-state index contributed by atoms with van der Waals surface area (Å²) in [5.74, 6) is -8.71. The number of halogens is 5. The molecule has 2 aromatic rings. The second-order valence-electron chi connectivity index (χ2n) is 8.50. The van der Waals surface area contributed by atoms with Crippen LogP contribution in [-0.2, 0) is 14.4 Å². The highest BCUT2D eigenvalue weighted by atomic mass is 19.4. The van der Waals surface area contributed by atoms with Gasteiger partial charge in [0.2, 0.25) is 5.60 Å². The van der Waals surface area contributed by atoms with Crippen LogP contribution >= 0.6 is 0 Å². The summed E-state index contributed by atoms with van der Waals surface area (Å²) >= 11 is 0. The Hall–Kier alpha value is -3.58. The molecule has 8 nitrogen and oxygen atoms in total. The first-order valence-electron chi connectivity index (χ1n) is 11.1. The number of anilines is 1. The molecular weight excluding hydrogens is 505 g/mol. The first-order chi connectivity index (χ1) is 17.2. The van der Waals surface area contributed by atoms with Crippen molar-refractivity contribution >= 4 is 23.4 Å². The van der Waals surface area contributed by atoms with Crippen LogP contribution in [0.4, 0.5) is 27.6 Å². The van der Waals surface area contributed by atoms with E-state index in [4.69, 9.17) is 0 Å². The maximum Gasteiger partial charge on any atom is 0.453 e. The molecule has 4 N–H and O–H groups in total. The summed E-state index contributed by atoms with van der Waals surface area (Å²) in [6.07, 6.45) is -7.63. The third kappa shape index (κ3) is 5.57. The van der Waals surface area contributed by atoms with Gasteiger partial charge >= 0.3 is 12.1 Å². The Morgan fingerprint density at radius 2 is 1.57 bits per heavy atom. The second kappa shape index (κ2) is 10.4. The molecule has 0 bridgehead atoms. The molecule has 0 saturated heterocycles. The molecule has 3 rings (SSSR count). The van der Waals surface area contributed by atoms with E-state index in [-0.39, 0.29) is 6.54 Å². The van der Waals surface area contributed by atoms with Gasteiger partial charge < -0.3 is 25.7 Å². The molecule has 0 aliphatic carbocycles. The number of carbonyl (C=O) groups is 3. The van der Waals surface area contributed by atoms with E-state index in [0.717, 1.165) is 0 Å². The summed E-state index contributed by atoms with van der Waals surface area (Å²) in [7, 11) is 0. The number of nitrogens with one attached hydrogen (secondary N) is 2. The molecule has 0 fully saturated rings. The number of rotatable bonds is 8. The Morgan fingerprint density at radius 3 is 2.19 bits per heavy atom. The van der Waals surface area contributed by atoms with Gasteiger partial charge in [-0.25, -0.2) is 0 Å². The van der Waals surface area contributed by atoms with Gasteiger partial charge in [0.05, 0.1) is 12.3 Å². The van der Waals surface area contributed by atoms with E-state index < -0.39 is 61.0 Å². The maximum atomic E-state index is 13.5. The van der Waals surface area contributed by atoms with Gasteiger partial charge in [-0.2, -0.15) is 22.0 Å². The van der Waals surface area contributed by atoms with E-state index in [1.165, 1.54) is 4.90 Å². The molecule has 0 spiro atoms. The second-order valence-corrected chi connectivity index (χ2v) is 8.50. The van der Waals surface area contributed by atoms with Crippen molar-refractivity contribution in [3.05, 3.63) is 54.1 Å². The average molecular weight is 529 g/mol. The van der Waals surface area contributed by atoms with Crippen LogP contribution in [-0.4, -0.2) is 65.3 Å². The molecule has 0 saturated carbocycles. The fraction of sp³-hybridized carbons (Fsp3) is 0.375. The van der Waals surface area contributed by atoms with Gasteiger partial charge in [-0.3, -0.25) is 14.4 Å². The van der Waals surface area contributed by atoms with Crippen molar-refractivity contribution in [1.29, 1.82) is 0 Å². The molecule has 3 amide bonds. The van der Waals surface area contributed by atoms with Crippen molar-refractivity contribution in [3.8, 4) is 11.1 Å². The first-order valence-corrected chi connectivity index (χ1v) is 11.1. The lowest BCUT2D eigenvalue weighted by Crippen LogP contribution is -2.57. The van der Waals surface area contributed by atoms with E-state index in [1.54, 1.807) is 53.8 Å². The molecule has 37 heavy (non-hydrogen) atoms. The summed E-state index contributed by atoms with van der Waals surface area (Å²) in [4.78, 5) is 40.0. The Kier molecular flexibility index (Phi) is 7.89. The lowest BCUT2D eigenvalue weighted by molar-refractivity contribution is -0.283. The lowest BCUT2D eigenvalue weighted by atomic mass is 9.94. The number of alkyl halides is 5. The van der Waals surface area contributed by atoms with E-state index in [9.17, 15) is 46.5 Å². The van der Waals surface area contributed by atoms with Crippen LogP contribution in [0.25, 0.3) is 11.1 Å². The molecule has 0 radical (unpaired) electrons. The highest BCUT2D eigenvalue weighted by Crippen LogP contribution is 2.40. The number of carbonyl (C=O) groups excluding carboxylic acids is 3. The van der Waals surface area contributed by atoms with E-state index in [2.05, 4.69) is 5.32 Å². The third-order valence-corrected chi connectivity index (χ3v) is 5.89. The number of aliphatic hydroxyl groups is 2. The highest BCUT2D eigenvalue weighted by molar-refractivity contribution is 6.11. The van der Waals surface area contributed by atoms with Gasteiger partial charge in [-0.15, -0.1) is 0 Å². The minimum Gasteiger partial charge on any atom is -0.395 e. The van der Waals surface area contributed by atoms with Crippen molar-refractivity contribution < 1.29 is 46.5 Å². The third-order valence-electron chi connectivity index (χ3n) is 5.89. The molecule has 200 valence electrons. The normalized spacial score (nSPS) is 17.2. The Balaban J connectivity index is 1.85. The van der Waals surface area contributed by atoms with Gasteiger partial charge in [0, 0.05) is 25.1 Å². The largest absolute Gasteiger partial charge is 0.453 e. The Bertz CT molecular complexity index is 1190. The fourth-order valence-corrected chi connectivity index (χ4v) is 3.83. The molecule has 0 aromatic heterocycles. The van der Waals surface area contributed by atoms with Gasteiger partial charge in [0.1, 0.15) is 6.04 Å². The molecule has 1 heterocycles. The van der Waals surface area contributed by atoms with Crippen molar-refractivity contribution in [2.24, 2.45) is 0 Å². The van der Waals surface area contributed by atoms with Crippen LogP contribution in [0.5, 0.6) is 0 Å². The summed E-state index contributed by atoms with van der Waals surface area (Å²) in [5, 5.41) is 24.0. The van der Waals surface area contributed by atoms with Crippen molar-refractivity contribution in [1.82, 2.24) is 10.6 Å². The van der Waals surface area contributed by atoms with Crippen LogP contribution in [0.15, 0.2) is 48.5 Å². The standard InChI is InChI=1S/C24H24F5N3O5/c1-22(37,20(35)30-11-10-23(25,26)24(27,28)29)21(36)31-18-16-8-3-2-6-14(16)15-7-4-5-9-17(15)32(12-13-33)19(18)34/h2-9,18,33,37H,10-13H2,1H3,(H,30,35)(H,31,36)/t18-,22-/m0/s1. The van der Waals surface area contributed by atoms with Crippen LogP contribution in [0.2, 0.25) is 0 Å². The molecule has 2 aromatic carbocycles. The van der Waals surface area contributed by atoms with Crippen LogP contribution in [0.3, 0.4) is 0 Å². The predicted octanol–water partition coefficient (Wildman–Crippen LogP) is 2.30. The predicted molar refractivity (Wildman–Crippen MR) is 121 cm³/mol. The highest BCUT2D eigenvalue weighted by Gasteiger charge is 2.56. The Morgan fingerprint density at radius 1 is 0.973 bits per heavy atom. The van der Waals surface area contributed by atoms with E-state index >= 15 is 0 Å². The smallest absolute Gasteiger partial charge is 0.395 e. The molecule has 2 atom stereocenters. The minimum atomic E-state index is -5.83. The summed E-state index contributed by atoms with van der Waals surface area (Å²) in [6.45, 7) is -1.02.